The van der Waals surface area contributed by atoms with E-state index in [-0.39, 0.29) is 5.91 Å². The van der Waals surface area contributed by atoms with Gasteiger partial charge in [0, 0.05) is 13.0 Å². The molecule has 2 atom stereocenters. The Morgan fingerprint density at radius 1 is 1.38 bits per heavy atom. The van der Waals surface area contributed by atoms with Gasteiger partial charge in [0.15, 0.2) is 0 Å². The molecule has 0 spiro atoms. The van der Waals surface area contributed by atoms with Crippen LogP contribution in [0.5, 0.6) is 0 Å². The first kappa shape index (κ1) is 10.8. The zero-order valence-corrected chi connectivity index (χ0v) is 8.87. The largest absolute Gasteiger partial charge is 0.383 e. The number of thiol groups is 1. The van der Waals surface area contributed by atoms with Gasteiger partial charge in [-0.05, 0) is 20.3 Å². The molecule has 2 N–H and O–H groups in total. The van der Waals surface area contributed by atoms with Crippen molar-refractivity contribution >= 4 is 17.0 Å². The van der Waals surface area contributed by atoms with Crippen LogP contribution in [-0.2, 0) is 4.79 Å². The first-order chi connectivity index (χ1) is 6.04. The molecule has 13 heavy (non-hydrogen) atoms. The summed E-state index contributed by atoms with van der Waals surface area (Å²) in [5.41, 5.74) is -1.23. The van der Waals surface area contributed by atoms with E-state index in [4.69, 9.17) is 0 Å². The van der Waals surface area contributed by atoms with E-state index in [1.54, 1.807) is 18.2 Å². The predicted molar refractivity (Wildman–Crippen MR) is 53.3 cm³/mol. The summed E-state index contributed by atoms with van der Waals surface area (Å²) in [4.78, 5) is 11.3. The van der Waals surface area contributed by atoms with Gasteiger partial charge in [-0.1, -0.05) is 0 Å². The second-order valence-electron chi connectivity index (χ2n) is 3.26. The maximum absolute atomic E-state index is 11.3. The van der Waals surface area contributed by atoms with Gasteiger partial charge in [-0.25, -0.2) is 0 Å². The van der Waals surface area contributed by atoms with Crippen LogP contribution in [0.3, 0.4) is 0 Å². The number of hydrogen-bond acceptors (Lipinski definition) is 3. The normalized spacial score (nSPS) is 26.0. The van der Waals surface area contributed by atoms with E-state index in [0.29, 0.717) is 13.0 Å². The van der Waals surface area contributed by atoms with Crippen molar-refractivity contribution in [3.05, 3.63) is 0 Å². The van der Waals surface area contributed by atoms with E-state index in [1.165, 1.54) is 0 Å². The Kier molecular flexibility index (Phi) is 3.58. The van der Waals surface area contributed by atoms with Crippen LogP contribution in [-0.4, -0.2) is 37.8 Å². The molecule has 1 rings (SSSR count). The van der Waals surface area contributed by atoms with Crippen molar-refractivity contribution in [1.29, 1.82) is 0 Å². The summed E-state index contributed by atoms with van der Waals surface area (Å²) in [6.45, 7) is 3.94. The van der Waals surface area contributed by atoms with Gasteiger partial charge in [0.1, 0.15) is 0 Å². The second-order valence-corrected chi connectivity index (χ2v) is 6.00. The van der Waals surface area contributed by atoms with Crippen LogP contribution < -0.4 is 0 Å². The number of hydrogen-bond donors (Lipinski definition) is 3. The van der Waals surface area contributed by atoms with Crippen molar-refractivity contribution in [1.82, 2.24) is 4.31 Å². The molecule has 0 aromatic rings. The van der Waals surface area contributed by atoms with E-state index in [9.17, 15) is 15.0 Å². The minimum atomic E-state index is -1.12. The predicted octanol–water partition coefficient (Wildman–Crippen LogP) is 0.202. The molecule has 0 aromatic carbocycles. The highest BCUT2D eigenvalue weighted by Gasteiger charge is 2.30. The third-order valence-corrected chi connectivity index (χ3v) is 4.60. The lowest BCUT2D eigenvalue weighted by molar-refractivity contribution is -0.123. The van der Waals surface area contributed by atoms with Crippen LogP contribution in [0.25, 0.3) is 0 Å². The second kappa shape index (κ2) is 4.30. The van der Waals surface area contributed by atoms with Crippen molar-refractivity contribution in [2.75, 3.05) is 6.54 Å². The third kappa shape index (κ3) is 2.36. The topological polar surface area (TPSA) is 60.8 Å². The van der Waals surface area contributed by atoms with E-state index < -0.39 is 22.0 Å². The molecule has 2 unspecified atom stereocenters. The molecule has 1 fully saturated rings. The van der Waals surface area contributed by atoms with Gasteiger partial charge >= 0.3 is 0 Å². The Morgan fingerprint density at radius 3 is 2.23 bits per heavy atom. The molecule has 0 radical (unpaired) electrons. The Hall–Kier alpha value is -0.260. The fourth-order valence-electron chi connectivity index (χ4n) is 1.59. The molecule has 0 aliphatic carbocycles. The Balaban J connectivity index is 2.69. The zero-order valence-electron chi connectivity index (χ0n) is 7.97. The van der Waals surface area contributed by atoms with Crippen LogP contribution >= 0.6 is 11.1 Å². The summed E-state index contributed by atoms with van der Waals surface area (Å²) in [5.74, 6) is 0.0629. The number of carbonyl (C=O) groups is 1. The number of aliphatic hydroxyl groups excluding tert-OH is 2. The fraction of sp³-hybridized carbons (Fsp3) is 0.875. The van der Waals surface area contributed by atoms with Gasteiger partial charge in [0.25, 0.3) is 0 Å². The van der Waals surface area contributed by atoms with Crippen LogP contribution in [0, 0.1) is 0 Å². The Labute approximate surface area is 81.0 Å². The molecule has 78 valence electrons. The van der Waals surface area contributed by atoms with Crippen molar-refractivity contribution < 1.29 is 15.0 Å². The number of rotatable bonds is 3. The number of carbonyl (C=O) groups excluding carboxylic acids is 1. The standard InChI is InChI=1S/C8H17NO3S/c1-6(10)13(7(2)11)9-5-3-4-8(9)12/h6-7,10-11,13H,3-5H2,1-2H3. The lowest BCUT2D eigenvalue weighted by atomic mass is 10.4. The highest BCUT2D eigenvalue weighted by atomic mass is 32.2. The van der Waals surface area contributed by atoms with Crippen LogP contribution in [0.15, 0.2) is 0 Å². The zero-order chi connectivity index (χ0) is 10.0. The molecule has 1 aliphatic rings. The minimum absolute atomic E-state index is 0.0629. The van der Waals surface area contributed by atoms with Crippen molar-refractivity contribution in [2.45, 2.75) is 37.6 Å². The van der Waals surface area contributed by atoms with E-state index in [1.807, 2.05) is 0 Å². The van der Waals surface area contributed by atoms with Crippen LogP contribution in [0.1, 0.15) is 26.7 Å². The van der Waals surface area contributed by atoms with Gasteiger partial charge in [-0.2, -0.15) is 0 Å². The molecule has 1 amide bonds. The third-order valence-electron chi connectivity index (χ3n) is 2.09. The number of nitrogens with zero attached hydrogens (tertiary/aromatic N) is 1. The van der Waals surface area contributed by atoms with Gasteiger partial charge in [0.05, 0.1) is 10.9 Å². The van der Waals surface area contributed by atoms with Crippen LogP contribution in [0.2, 0.25) is 0 Å². The smallest absolute Gasteiger partial charge is 0.231 e. The molecule has 0 saturated carbocycles. The fourth-order valence-corrected chi connectivity index (χ4v) is 3.75. The molecule has 4 nitrogen and oxygen atoms in total. The lowest BCUT2D eigenvalue weighted by Gasteiger charge is -2.36. The molecule has 1 heterocycles. The SMILES string of the molecule is CC(O)[SH](C(C)O)N1CCCC1=O. The van der Waals surface area contributed by atoms with Gasteiger partial charge in [-0.3, -0.25) is 4.79 Å². The molecule has 1 saturated heterocycles. The number of amides is 1. The summed E-state index contributed by atoms with van der Waals surface area (Å²) < 4.78 is 1.64. The Morgan fingerprint density at radius 2 is 1.92 bits per heavy atom. The van der Waals surface area contributed by atoms with Gasteiger partial charge in [-0.15, -0.1) is 11.1 Å². The van der Waals surface area contributed by atoms with Crippen LogP contribution in [0.4, 0.5) is 0 Å². The van der Waals surface area contributed by atoms with Gasteiger partial charge < -0.3 is 14.5 Å². The summed E-state index contributed by atoms with van der Waals surface area (Å²) in [7, 11) is 0. The van der Waals surface area contributed by atoms with E-state index in [2.05, 4.69) is 0 Å². The molecular weight excluding hydrogens is 190 g/mol. The Bertz CT molecular complexity index is 188. The summed E-state index contributed by atoms with van der Waals surface area (Å²) >= 11 is -1.12. The van der Waals surface area contributed by atoms with Crippen molar-refractivity contribution in [2.24, 2.45) is 0 Å². The first-order valence-electron chi connectivity index (χ1n) is 4.49. The average molecular weight is 207 g/mol. The van der Waals surface area contributed by atoms with E-state index >= 15 is 0 Å². The average Bonchev–Trinajstić information content (AvgIpc) is 2.35. The highest BCUT2D eigenvalue weighted by molar-refractivity contribution is 8.16. The molecule has 0 aromatic heterocycles. The summed E-state index contributed by atoms with van der Waals surface area (Å²) in [5, 5.41) is 18.9. The number of aliphatic hydroxyl groups is 2. The summed E-state index contributed by atoms with van der Waals surface area (Å²) in [6, 6.07) is 0. The molecule has 0 bridgehead atoms. The first-order valence-corrected chi connectivity index (χ1v) is 5.92. The molecule has 5 heteroatoms. The molecule has 1 aliphatic heterocycles. The van der Waals surface area contributed by atoms with Crippen molar-refractivity contribution in [3.8, 4) is 0 Å². The minimum Gasteiger partial charge on any atom is -0.383 e. The maximum atomic E-state index is 11.3. The quantitative estimate of drug-likeness (QED) is 0.579. The van der Waals surface area contributed by atoms with E-state index in [0.717, 1.165) is 6.42 Å². The maximum Gasteiger partial charge on any atom is 0.231 e. The van der Waals surface area contributed by atoms with Crippen molar-refractivity contribution in [3.63, 3.8) is 0 Å². The monoisotopic (exact) mass is 207 g/mol. The summed E-state index contributed by atoms with van der Waals surface area (Å²) in [6.07, 6.45) is 1.40. The van der Waals surface area contributed by atoms with Gasteiger partial charge in [0.2, 0.25) is 5.91 Å². The lowest BCUT2D eigenvalue weighted by Crippen LogP contribution is -2.31. The highest BCUT2D eigenvalue weighted by Crippen LogP contribution is 2.41. The molecular formula is C8H17NO3S.